The topological polar surface area (TPSA) is 32.3 Å². The predicted octanol–water partition coefficient (Wildman–Crippen LogP) is 4.37. The molecule has 0 spiro atoms. The van der Waals surface area contributed by atoms with E-state index in [1.807, 2.05) is 11.8 Å². The molecule has 22 heavy (non-hydrogen) atoms. The number of rotatable bonds is 4. The van der Waals surface area contributed by atoms with Gasteiger partial charge in [0.2, 0.25) is 5.91 Å². The van der Waals surface area contributed by atoms with Crippen LogP contribution in [-0.4, -0.2) is 18.5 Å². The minimum atomic E-state index is 0.256. The minimum absolute atomic E-state index is 0.256. The second-order valence-electron chi connectivity index (χ2n) is 6.81. The molecular weight excluding hydrogens is 272 g/mol. The Balaban J connectivity index is 1.72. The summed E-state index contributed by atoms with van der Waals surface area (Å²) in [6.07, 6.45) is 8.40. The summed E-state index contributed by atoms with van der Waals surface area (Å²) >= 11 is 0. The van der Waals surface area contributed by atoms with E-state index in [1.165, 1.54) is 43.4 Å². The van der Waals surface area contributed by atoms with Crippen molar-refractivity contribution in [1.82, 2.24) is 0 Å². The van der Waals surface area contributed by atoms with Gasteiger partial charge in [0.15, 0.2) is 0 Å². The average molecular weight is 300 g/mol. The summed E-state index contributed by atoms with van der Waals surface area (Å²) in [7, 11) is 0. The molecular formula is C19H28N2O. The van der Waals surface area contributed by atoms with Crippen molar-refractivity contribution < 1.29 is 4.79 Å². The molecule has 3 nitrogen and oxygen atoms in total. The fourth-order valence-corrected chi connectivity index (χ4v) is 4.01. The van der Waals surface area contributed by atoms with Crippen molar-refractivity contribution in [2.75, 3.05) is 16.8 Å². The quantitative estimate of drug-likeness (QED) is 0.895. The van der Waals surface area contributed by atoms with Gasteiger partial charge < -0.3 is 10.2 Å². The van der Waals surface area contributed by atoms with Crippen LogP contribution >= 0.6 is 0 Å². The molecule has 0 bridgehead atoms. The van der Waals surface area contributed by atoms with Gasteiger partial charge in [-0.05, 0) is 62.8 Å². The Morgan fingerprint density at radius 1 is 1.23 bits per heavy atom. The largest absolute Gasteiger partial charge is 0.382 e. The standard InChI is InChI=1S/C19H28N2O/c1-3-21-18-11-10-17(13-16(18)9-12-19(21)22)20-14(2)15-7-5-4-6-8-15/h10-11,13-15,20H,3-9,12H2,1-2H3/t14-/m1/s1. The molecule has 1 atom stereocenters. The summed E-state index contributed by atoms with van der Waals surface area (Å²) in [6, 6.07) is 7.04. The van der Waals surface area contributed by atoms with Crippen LogP contribution in [0.4, 0.5) is 11.4 Å². The minimum Gasteiger partial charge on any atom is -0.382 e. The molecule has 1 aliphatic carbocycles. The lowest BCUT2D eigenvalue weighted by Crippen LogP contribution is -2.35. The highest BCUT2D eigenvalue weighted by Crippen LogP contribution is 2.32. The van der Waals surface area contributed by atoms with E-state index in [-0.39, 0.29) is 5.91 Å². The highest BCUT2D eigenvalue weighted by Gasteiger charge is 2.24. The molecule has 1 amide bonds. The van der Waals surface area contributed by atoms with Crippen LogP contribution in [-0.2, 0) is 11.2 Å². The molecule has 0 saturated heterocycles. The number of benzene rings is 1. The van der Waals surface area contributed by atoms with Crippen LogP contribution in [0.1, 0.15) is 57.9 Å². The van der Waals surface area contributed by atoms with Gasteiger partial charge in [0.1, 0.15) is 0 Å². The summed E-state index contributed by atoms with van der Waals surface area (Å²) in [4.78, 5) is 13.9. The maximum absolute atomic E-state index is 12.0. The van der Waals surface area contributed by atoms with Crippen LogP contribution in [0.5, 0.6) is 0 Å². The number of amides is 1. The van der Waals surface area contributed by atoms with Crippen molar-refractivity contribution in [3.63, 3.8) is 0 Å². The van der Waals surface area contributed by atoms with Crippen molar-refractivity contribution in [3.05, 3.63) is 23.8 Å². The maximum atomic E-state index is 12.0. The third-order valence-corrected chi connectivity index (χ3v) is 5.35. The molecule has 1 N–H and O–H groups in total. The lowest BCUT2D eigenvalue weighted by atomic mass is 9.84. The van der Waals surface area contributed by atoms with Crippen LogP contribution in [0.25, 0.3) is 0 Å². The number of anilines is 2. The highest BCUT2D eigenvalue weighted by molar-refractivity contribution is 5.96. The Morgan fingerprint density at radius 3 is 2.73 bits per heavy atom. The van der Waals surface area contributed by atoms with E-state index < -0.39 is 0 Å². The van der Waals surface area contributed by atoms with Crippen molar-refractivity contribution in [1.29, 1.82) is 0 Å². The first-order chi connectivity index (χ1) is 10.7. The smallest absolute Gasteiger partial charge is 0.227 e. The van der Waals surface area contributed by atoms with Gasteiger partial charge in [-0.3, -0.25) is 4.79 Å². The van der Waals surface area contributed by atoms with Gasteiger partial charge in [0.25, 0.3) is 0 Å². The first-order valence-electron chi connectivity index (χ1n) is 8.89. The molecule has 1 aromatic carbocycles. The van der Waals surface area contributed by atoms with Crippen LogP contribution in [0.3, 0.4) is 0 Å². The fraction of sp³-hybridized carbons (Fsp3) is 0.632. The van der Waals surface area contributed by atoms with E-state index in [0.717, 1.165) is 24.6 Å². The van der Waals surface area contributed by atoms with E-state index in [1.54, 1.807) is 0 Å². The third-order valence-electron chi connectivity index (χ3n) is 5.35. The molecule has 1 fully saturated rings. The summed E-state index contributed by atoms with van der Waals surface area (Å²) in [6.45, 7) is 5.12. The summed E-state index contributed by atoms with van der Waals surface area (Å²) in [5.41, 5.74) is 3.62. The molecule has 3 heteroatoms. The molecule has 3 rings (SSSR count). The number of nitrogens with zero attached hydrogens (tertiary/aromatic N) is 1. The molecule has 0 aromatic heterocycles. The molecule has 0 radical (unpaired) electrons. The Labute approximate surface area is 134 Å². The first-order valence-corrected chi connectivity index (χ1v) is 8.89. The van der Waals surface area contributed by atoms with Crippen molar-refractivity contribution in [3.8, 4) is 0 Å². The first kappa shape index (κ1) is 15.4. The van der Waals surface area contributed by atoms with E-state index >= 15 is 0 Å². The van der Waals surface area contributed by atoms with E-state index in [9.17, 15) is 4.79 Å². The van der Waals surface area contributed by atoms with E-state index in [0.29, 0.717) is 12.5 Å². The molecule has 1 aliphatic heterocycles. The maximum Gasteiger partial charge on any atom is 0.227 e. The molecule has 1 heterocycles. The Hall–Kier alpha value is -1.51. The zero-order chi connectivity index (χ0) is 15.5. The number of carbonyl (C=O) groups excluding carboxylic acids is 1. The number of fused-ring (bicyclic) bond motifs is 1. The number of hydrogen-bond donors (Lipinski definition) is 1. The second kappa shape index (κ2) is 6.72. The van der Waals surface area contributed by atoms with Crippen molar-refractivity contribution in [2.45, 2.75) is 64.8 Å². The number of nitrogens with one attached hydrogen (secondary N) is 1. The Bertz CT molecular complexity index is 534. The van der Waals surface area contributed by atoms with Gasteiger partial charge in [0.05, 0.1) is 0 Å². The van der Waals surface area contributed by atoms with Gasteiger partial charge in [-0.1, -0.05) is 19.3 Å². The zero-order valence-electron chi connectivity index (χ0n) is 13.9. The molecule has 1 aromatic rings. The van der Waals surface area contributed by atoms with Crippen molar-refractivity contribution in [2.24, 2.45) is 5.92 Å². The lowest BCUT2D eigenvalue weighted by Gasteiger charge is -2.31. The number of carbonyl (C=O) groups is 1. The van der Waals surface area contributed by atoms with Gasteiger partial charge in [-0.15, -0.1) is 0 Å². The molecule has 2 aliphatic rings. The molecule has 1 saturated carbocycles. The fourth-order valence-electron chi connectivity index (χ4n) is 4.01. The van der Waals surface area contributed by atoms with E-state index in [4.69, 9.17) is 0 Å². The summed E-state index contributed by atoms with van der Waals surface area (Å²) < 4.78 is 0. The Morgan fingerprint density at radius 2 is 2.00 bits per heavy atom. The van der Waals surface area contributed by atoms with Gasteiger partial charge in [0, 0.05) is 30.4 Å². The van der Waals surface area contributed by atoms with Crippen LogP contribution in [0, 0.1) is 5.92 Å². The van der Waals surface area contributed by atoms with Crippen LogP contribution in [0.15, 0.2) is 18.2 Å². The number of aryl methyl sites for hydroxylation is 1. The SMILES string of the molecule is CCN1C(=O)CCc2cc(N[C@H](C)C3CCCCC3)ccc21. The average Bonchev–Trinajstić information content (AvgIpc) is 2.55. The normalized spacial score (nSPS) is 20.6. The zero-order valence-corrected chi connectivity index (χ0v) is 13.9. The number of hydrogen-bond acceptors (Lipinski definition) is 2. The lowest BCUT2D eigenvalue weighted by molar-refractivity contribution is -0.118. The summed E-state index contributed by atoms with van der Waals surface area (Å²) in [5.74, 6) is 1.06. The predicted molar refractivity (Wildman–Crippen MR) is 92.4 cm³/mol. The molecule has 120 valence electrons. The van der Waals surface area contributed by atoms with Gasteiger partial charge >= 0.3 is 0 Å². The highest BCUT2D eigenvalue weighted by atomic mass is 16.2. The van der Waals surface area contributed by atoms with Crippen LogP contribution in [0.2, 0.25) is 0 Å². The Kier molecular flexibility index (Phi) is 4.70. The van der Waals surface area contributed by atoms with Gasteiger partial charge in [-0.25, -0.2) is 0 Å². The van der Waals surface area contributed by atoms with Crippen LogP contribution < -0.4 is 10.2 Å². The van der Waals surface area contributed by atoms with Gasteiger partial charge in [-0.2, -0.15) is 0 Å². The second-order valence-corrected chi connectivity index (χ2v) is 6.81. The molecule has 0 unspecified atom stereocenters. The van der Waals surface area contributed by atoms with E-state index in [2.05, 4.69) is 30.4 Å². The van der Waals surface area contributed by atoms with Crippen molar-refractivity contribution >= 4 is 17.3 Å². The monoisotopic (exact) mass is 300 g/mol. The summed E-state index contributed by atoms with van der Waals surface area (Å²) in [5, 5.41) is 3.70. The third kappa shape index (κ3) is 3.13.